The van der Waals surface area contributed by atoms with E-state index in [9.17, 15) is 18.0 Å². The molecule has 96 valence electrons. The second-order valence-corrected chi connectivity index (χ2v) is 3.25. The van der Waals surface area contributed by atoms with Crippen LogP contribution in [0.2, 0.25) is 0 Å². The van der Waals surface area contributed by atoms with Gasteiger partial charge >= 0.3 is 0 Å². The molecule has 0 aliphatic carbocycles. The molecule has 18 heavy (non-hydrogen) atoms. The van der Waals surface area contributed by atoms with E-state index in [0.717, 1.165) is 18.2 Å². The first kappa shape index (κ1) is 14.1. The number of hydrogen-bond donors (Lipinski definition) is 2. The van der Waals surface area contributed by atoms with E-state index < -0.39 is 31.3 Å². The van der Waals surface area contributed by atoms with Gasteiger partial charge in [0.15, 0.2) is 0 Å². The molecule has 1 amide bonds. The number of aliphatic hydroxyl groups is 1. The third-order valence-corrected chi connectivity index (χ3v) is 1.95. The topological polar surface area (TPSA) is 49.3 Å². The summed E-state index contributed by atoms with van der Waals surface area (Å²) in [6, 6.07) is 3.18. The molecule has 0 aliphatic rings. The zero-order valence-electron chi connectivity index (χ0n) is 9.21. The molecule has 0 bridgehead atoms. The van der Waals surface area contributed by atoms with Crippen molar-refractivity contribution in [3.63, 3.8) is 0 Å². The molecule has 0 aliphatic heterocycles. The lowest BCUT2D eigenvalue weighted by molar-refractivity contribution is 0.0891. The number of carbonyl (C=O) groups excluding carboxylic acids is 1. The summed E-state index contributed by atoms with van der Waals surface area (Å²) in [5.74, 6) is 3.27. The number of amides is 1. The lowest BCUT2D eigenvalue weighted by Gasteiger charge is -2.06. The second-order valence-electron chi connectivity index (χ2n) is 3.25. The largest absolute Gasteiger partial charge is 0.384 e. The van der Waals surface area contributed by atoms with Gasteiger partial charge in [0.2, 0.25) is 0 Å². The Bertz CT molecular complexity index is 492. The molecule has 0 saturated heterocycles. The summed E-state index contributed by atoms with van der Waals surface area (Å²) >= 11 is 0. The maximum absolute atomic E-state index is 13.0. The van der Waals surface area contributed by atoms with E-state index in [4.69, 9.17) is 5.11 Å². The average molecular weight is 257 g/mol. The van der Waals surface area contributed by atoms with Crippen LogP contribution in [0.1, 0.15) is 15.9 Å². The number of benzene rings is 1. The molecule has 0 saturated carbocycles. The molecule has 0 aromatic heterocycles. The fourth-order valence-corrected chi connectivity index (χ4v) is 1.22. The quantitative estimate of drug-likeness (QED) is 0.798. The average Bonchev–Trinajstić information content (AvgIpc) is 2.33. The van der Waals surface area contributed by atoms with Gasteiger partial charge in [-0.05, 0) is 18.2 Å². The van der Waals surface area contributed by atoms with Crippen LogP contribution in [0.25, 0.3) is 0 Å². The number of halogens is 3. The van der Waals surface area contributed by atoms with Gasteiger partial charge in [0.05, 0.1) is 12.1 Å². The minimum Gasteiger partial charge on any atom is -0.384 e. The highest BCUT2D eigenvalue weighted by Crippen LogP contribution is 2.10. The highest BCUT2D eigenvalue weighted by atomic mass is 19.3. The van der Waals surface area contributed by atoms with Crippen molar-refractivity contribution in [3.05, 3.63) is 35.1 Å². The van der Waals surface area contributed by atoms with Crippen LogP contribution in [0.5, 0.6) is 0 Å². The van der Waals surface area contributed by atoms with Gasteiger partial charge in [-0.2, -0.15) is 0 Å². The lowest BCUT2D eigenvalue weighted by Crippen LogP contribution is -2.29. The van der Waals surface area contributed by atoms with E-state index in [0.29, 0.717) is 0 Å². The maximum Gasteiger partial charge on any atom is 0.255 e. The van der Waals surface area contributed by atoms with Crippen LogP contribution in [0.4, 0.5) is 13.2 Å². The van der Waals surface area contributed by atoms with Crippen LogP contribution < -0.4 is 5.32 Å². The van der Waals surface area contributed by atoms with Crippen molar-refractivity contribution >= 4 is 5.91 Å². The van der Waals surface area contributed by atoms with Crippen molar-refractivity contribution in [1.29, 1.82) is 0 Å². The van der Waals surface area contributed by atoms with Gasteiger partial charge in [0.1, 0.15) is 12.4 Å². The van der Waals surface area contributed by atoms with E-state index in [-0.39, 0.29) is 11.1 Å². The van der Waals surface area contributed by atoms with Crippen LogP contribution in [0.3, 0.4) is 0 Å². The summed E-state index contributed by atoms with van der Waals surface area (Å²) in [5.41, 5.74) is 0.0221. The first-order chi connectivity index (χ1) is 8.54. The Morgan fingerprint density at radius 3 is 2.78 bits per heavy atom. The summed E-state index contributed by atoms with van der Waals surface area (Å²) < 4.78 is 36.9. The van der Waals surface area contributed by atoms with E-state index in [2.05, 4.69) is 11.8 Å². The van der Waals surface area contributed by atoms with Crippen molar-refractivity contribution in [2.45, 2.75) is 6.43 Å². The van der Waals surface area contributed by atoms with E-state index in [1.165, 1.54) is 0 Å². The zero-order chi connectivity index (χ0) is 13.5. The monoisotopic (exact) mass is 257 g/mol. The van der Waals surface area contributed by atoms with Crippen molar-refractivity contribution in [1.82, 2.24) is 5.32 Å². The molecule has 0 heterocycles. The van der Waals surface area contributed by atoms with Crippen molar-refractivity contribution in [3.8, 4) is 11.8 Å². The number of hydrogen-bond acceptors (Lipinski definition) is 2. The molecule has 1 aromatic rings. The SMILES string of the molecule is O=C(NCC(F)F)c1ccc(F)cc1C#CCO. The zero-order valence-corrected chi connectivity index (χ0v) is 9.21. The van der Waals surface area contributed by atoms with Crippen molar-refractivity contribution in [2.24, 2.45) is 0 Å². The maximum atomic E-state index is 13.0. The standard InChI is InChI=1S/C12H10F3NO2/c13-9-3-4-10(8(6-9)2-1-5-17)12(18)16-7-11(14)15/h3-4,6,11,17H,5,7H2,(H,16,18). The summed E-state index contributed by atoms with van der Waals surface area (Å²) in [6.45, 7) is -1.24. The lowest BCUT2D eigenvalue weighted by atomic mass is 10.1. The van der Waals surface area contributed by atoms with Gasteiger partial charge in [-0.25, -0.2) is 13.2 Å². The van der Waals surface area contributed by atoms with Gasteiger partial charge in [0, 0.05) is 5.56 Å². The smallest absolute Gasteiger partial charge is 0.255 e. The Balaban J connectivity index is 2.96. The molecule has 0 fully saturated rings. The summed E-state index contributed by atoms with van der Waals surface area (Å²) in [4.78, 5) is 11.5. The predicted molar refractivity (Wildman–Crippen MR) is 58.7 cm³/mol. The number of rotatable bonds is 3. The first-order valence-corrected chi connectivity index (χ1v) is 5.00. The number of alkyl halides is 2. The van der Waals surface area contributed by atoms with Crippen LogP contribution in [-0.4, -0.2) is 30.6 Å². The Kier molecular flexibility index (Phi) is 5.21. The fourth-order valence-electron chi connectivity index (χ4n) is 1.22. The molecule has 1 rings (SSSR count). The molecule has 1 aromatic carbocycles. The van der Waals surface area contributed by atoms with Crippen molar-refractivity contribution < 1.29 is 23.1 Å². The number of carbonyl (C=O) groups is 1. The van der Waals surface area contributed by atoms with Gasteiger partial charge < -0.3 is 10.4 Å². The molecule has 0 unspecified atom stereocenters. The molecule has 0 atom stereocenters. The summed E-state index contributed by atoms with van der Waals surface area (Å²) in [5, 5.41) is 10.5. The number of aliphatic hydroxyl groups excluding tert-OH is 1. The van der Waals surface area contributed by atoms with Gasteiger partial charge in [-0.3, -0.25) is 4.79 Å². The van der Waals surface area contributed by atoms with Crippen LogP contribution >= 0.6 is 0 Å². The van der Waals surface area contributed by atoms with Crippen LogP contribution in [-0.2, 0) is 0 Å². The minimum absolute atomic E-state index is 0.0157. The van der Waals surface area contributed by atoms with E-state index >= 15 is 0 Å². The second kappa shape index (κ2) is 6.67. The van der Waals surface area contributed by atoms with Gasteiger partial charge in [-0.15, -0.1) is 0 Å². The summed E-state index contributed by atoms with van der Waals surface area (Å²) in [7, 11) is 0. The first-order valence-electron chi connectivity index (χ1n) is 5.00. The van der Waals surface area contributed by atoms with E-state index in [1.807, 2.05) is 5.32 Å². The number of nitrogens with one attached hydrogen (secondary N) is 1. The van der Waals surface area contributed by atoms with E-state index in [1.54, 1.807) is 0 Å². The fraction of sp³-hybridized carbons (Fsp3) is 0.250. The third-order valence-electron chi connectivity index (χ3n) is 1.95. The van der Waals surface area contributed by atoms with Crippen molar-refractivity contribution in [2.75, 3.05) is 13.2 Å². The molecule has 0 radical (unpaired) electrons. The highest BCUT2D eigenvalue weighted by Gasteiger charge is 2.12. The van der Waals surface area contributed by atoms with Gasteiger partial charge in [-0.1, -0.05) is 11.8 Å². The van der Waals surface area contributed by atoms with Crippen LogP contribution in [0.15, 0.2) is 18.2 Å². The Hall–Kier alpha value is -2.00. The molecule has 2 N–H and O–H groups in total. The predicted octanol–water partition coefficient (Wildman–Crippen LogP) is 1.16. The molecule has 3 nitrogen and oxygen atoms in total. The third kappa shape index (κ3) is 4.11. The van der Waals surface area contributed by atoms with Crippen LogP contribution in [0, 0.1) is 17.7 Å². The normalized spacial score (nSPS) is 9.83. The Morgan fingerprint density at radius 1 is 1.44 bits per heavy atom. The Labute approximate surface area is 102 Å². The summed E-state index contributed by atoms with van der Waals surface area (Å²) in [6.07, 6.45) is -2.67. The molecular weight excluding hydrogens is 247 g/mol. The molecular formula is C12H10F3NO2. The Morgan fingerprint density at radius 2 is 2.17 bits per heavy atom. The molecule has 0 spiro atoms. The molecule has 6 heteroatoms. The van der Waals surface area contributed by atoms with Gasteiger partial charge in [0.25, 0.3) is 12.3 Å². The minimum atomic E-state index is -2.67. The highest BCUT2D eigenvalue weighted by molar-refractivity contribution is 5.96.